The summed E-state index contributed by atoms with van der Waals surface area (Å²) < 4.78 is 5.71. The van der Waals surface area contributed by atoms with Crippen molar-refractivity contribution in [2.24, 2.45) is 11.8 Å². The van der Waals surface area contributed by atoms with Crippen molar-refractivity contribution in [2.75, 3.05) is 0 Å². The summed E-state index contributed by atoms with van der Waals surface area (Å²) in [6, 6.07) is 0. The molecular formula is C17H30O2. The lowest BCUT2D eigenvalue weighted by Gasteiger charge is -2.29. The summed E-state index contributed by atoms with van der Waals surface area (Å²) in [6.07, 6.45) is 14.8. The molecule has 0 spiro atoms. The van der Waals surface area contributed by atoms with Gasteiger partial charge in [-0.15, -0.1) is 0 Å². The summed E-state index contributed by atoms with van der Waals surface area (Å²) in [6.45, 7) is 2.26. The first-order chi connectivity index (χ1) is 9.29. The van der Waals surface area contributed by atoms with Crippen LogP contribution in [0.3, 0.4) is 0 Å². The van der Waals surface area contributed by atoms with E-state index in [1.54, 1.807) is 0 Å². The first-order valence-electron chi connectivity index (χ1n) is 8.50. The molecule has 0 aromatic rings. The van der Waals surface area contributed by atoms with Crippen molar-refractivity contribution in [1.82, 2.24) is 0 Å². The van der Waals surface area contributed by atoms with Gasteiger partial charge < -0.3 is 4.74 Å². The van der Waals surface area contributed by atoms with Crippen molar-refractivity contribution in [3.63, 3.8) is 0 Å². The van der Waals surface area contributed by atoms with Crippen LogP contribution in [0.1, 0.15) is 84.0 Å². The Morgan fingerprint density at radius 3 is 2.32 bits per heavy atom. The highest BCUT2D eigenvalue weighted by atomic mass is 16.5. The zero-order valence-corrected chi connectivity index (χ0v) is 12.5. The fourth-order valence-corrected chi connectivity index (χ4v) is 3.62. The molecule has 110 valence electrons. The Bertz CT molecular complexity index is 260. The highest BCUT2D eigenvalue weighted by molar-refractivity contribution is 5.72. The van der Waals surface area contributed by atoms with Crippen molar-refractivity contribution >= 4 is 5.97 Å². The quantitative estimate of drug-likeness (QED) is 0.664. The van der Waals surface area contributed by atoms with Crippen LogP contribution in [0.5, 0.6) is 0 Å². The second-order valence-corrected chi connectivity index (χ2v) is 6.56. The fourth-order valence-electron chi connectivity index (χ4n) is 3.62. The average Bonchev–Trinajstić information content (AvgIpc) is 2.46. The van der Waals surface area contributed by atoms with Gasteiger partial charge in [-0.2, -0.15) is 0 Å². The molecule has 2 nitrogen and oxygen atoms in total. The van der Waals surface area contributed by atoms with Crippen molar-refractivity contribution in [2.45, 2.75) is 90.1 Å². The SMILES string of the molecule is CCCCC1CCC(C(=O)OC2CCCCC2)CC1. The van der Waals surface area contributed by atoms with Gasteiger partial charge in [-0.05, 0) is 57.3 Å². The van der Waals surface area contributed by atoms with Crippen molar-refractivity contribution in [3.05, 3.63) is 0 Å². The zero-order valence-electron chi connectivity index (χ0n) is 12.5. The molecule has 0 heterocycles. The van der Waals surface area contributed by atoms with E-state index in [9.17, 15) is 4.79 Å². The maximum absolute atomic E-state index is 12.2. The Kier molecular flexibility index (Phi) is 6.19. The topological polar surface area (TPSA) is 26.3 Å². The Balaban J connectivity index is 1.67. The molecule has 0 N–H and O–H groups in total. The molecule has 0 amide bonds. The number of hydrogen-bond donors (Lipinski definition) is 0. The monoisotopic (exact) mass is 266 g/mol. The number of hydrogen-bond acceptors (Lipinski definition) is 2. The second-order valence-electron chi connectivity index (χ2n) is 6.56. The highest BCUT2D eigenvalue weighted by Gasteiger charge is 2.29. The maximum Gasteiger partial charge on any atom is 0.309 e. The minimum absolute atomic E-state index is 0.112. The minimum Gasteiger partial charge on any atom is -0.462 e. The van der Waals surface area contributed by atoms with E-state index in [-0.39, 0.29) is 18.0 Å². The third-order valence-corrected chi connectivity index (χ3v) is 4.98. The van der Waals surface area contributed by atoms with Gasteiger partial charge in [-0.3, -0.25) is 4.79 Å². The van der Waals surface area contributed by atoms with Gasteiger partial charge in [-0.1, -0.05) is 32.6 Å². The number of rotatable bonds is 5. The lowest BCUT2D eigenvalue weighted by atomic mass is 9.80. The molecule has 2 aliphatic carbocycles. The predicted octanol–water partition coefficient (Wildman–Crippen LogP) is 4.86. The van der Waals surface area contributed by atoms with Gasteiger partial charge in [-0.25, -0.2) is 0 Å². The van der Waals surface area contributed by atoms with Crippen LogP contribution in [0, 0.1) is 11.8 Å². The summed E-state index contributed by atoms with van der Waals surface area (Å²) in [4.78, 5) is 12.2. The van der Waals surface area contributed by atoms with Gasteiger partial charge in [0.15, 0.2) is 0 Å². The molecule has 0 unspecified atom stereocenters. The summed E-state index contributed by atoms with van der Waals surface area (Å²) in [5.41, 5.74) is 0. The molecule has 2 rings (SSSR count). The van der Waals surface area contributed by atoms with Gasteiger partial charge in [0.2, 0.25) is 0 Å². The lowest BCUT2D eigenvalue weighted by Crippen LogP contribution is -2.28. The Morgan fingerprint density at radius 1 is 1.00 bits per heavy atom. The van der Waals surface area contributed by atoms with Crippen LogP contribution < -0.4 is 0 Å². The molecule has 0 bridgehead atoms. The normalized spacial score (nSPS) is 29.1. The standard InChI is InChI=1S/C17H30O2/c1-2-3-7-14-10-12-15(13-11-14)17(18)19-16-8-5-4-6-9-16/h14-16H,2-13H2,1H3. The van der Waals surface area contributed by atoms with E-state index in [1.807, 2.05) is 0 Å². The van der Waals surface area contributed by atoms with Gasteiger partial charge in [0.25, 0.3) is 0 Å². The Labute approximate surface area is 118 Å². The first kappa shape index (κ1) is 14.9. The van der Waals surface area contributed by atoms with Gasteiger partial charge in [0, 0.05) is 0 Å². The molecule has 2 saturated carbocycles. The molecular weight excluding hydrogens is 236 g/mol. The largest absolute Gasteiger partial charge is 0.462 e. The second kappa shape index (κ2) is 7.91. The molecule has 0 aliphatic heterocycles. The molecule has 2 aliphatic rings. The lowest BCUT2D eigenvalue weighted by molar-refractivity contribution is -0.157. The van der Waals surface area contributed by atoms with Crippen LogP contribution in [0.25, 0.3) is 0 Å². The van der Waals surface area contributed by atoms with Crippen LogP contribution in [-0.2, 0) is 9.53 Å². The minimum atomic E-state index is 0.112. The summed E-state index contributed by atoms with van der Waals surface area (Å²) in [7, 11) is 0. The van der Waals surface area contributed by atoms with E-state index in [1.165, 1.54) is 51.4 Å². The first-order valence-corrected chi connectivity index (χ1v) is 8.50. The van der Waals surface area contributed by atoms with E-state index < -0.39 is 0 Å². The third kappa shape index (κ3) is 4.81. The van der Waals surface area contributed by atoms with Crippen LogP contribution in [0.15, 0.2) is 0 Å². The Hall–Kier alpha value is -0.530. The smallest absolute Gasteiger partial charge is 0.309 e. The summed E-state index contributed by atoms with van der Waals surface area (Å²) in [5, 5.41) is 0. The fraction of sp³-hybridized carbons (Fsp3) is 0.941. The highest BCUT2D eigenvalue weighted by Crippen LogP contribution is 2.33. The number of carbonyl (C=O) groups excluding carboxylic acids is 1. The van der Waals surface area contributed by atoms with E-state index in [0.29, 0.717) is 0 Å². The summed E-state index contributed by atoms with van der Waals surface area (Å²) in [5.74, 6) is 1.19. The molecule has 2 heteroatoms. The number of unbranched alkanes of at least 4 members (excludes halogenated alkanes) is 1. The maximum atomic E-state index is 12.2. The van der Waals surface area contributed by atoms with Gasteiger partial charge in [0.1, 0.15) is 6.10 Å². The molecule has 19 heavy (non-hydrogen) atoms. The molecule has 0 radical (unpaired) electrons. The van der Waals surface area contributed by atoms with Crippen molar-refractivity contribution < 1.29 is 9.53 Å². The summed E-state index contributed by atoms with van der Waals surface area (Å²) >= 11 is 0. The van der Waals surface area contributed by atoms with E-state index in [0.717, 1.165) is 31.6 Å². The number of ether oxygens (including phenoxy) is 1. The van der Waals surface area contributed by atoms with Crippen LogP contribution in [0.2, 0.25) is 0 Å². The molecule has 0 aromatic heterocycles. The average molecular weight is 266 g/mol. The van der Waals surface area contributed by atoms with Crippen LogP contribution in [-0.4, -0.2) is 12.1 Å². The molecule has 0 atom stereocenters. The molecule has 0 aromatic carbocycles. The number of esters is 1. The Morgan fingerprint density at radius 2 is 1.68 bits per heavy atom. The van der Waals surface area contributed by atoms with Gasteiger partial charge >= 0.3 is 5.97 Å². The molecule has 0 saturated heterocycles. The van der Waals surface area contributed by atoms with E-state index in [2.05, 4.69) is 6.92 Å². The van der Waals surface area contributed by atoms with E-state index in [4.69, 9.17) is 4.74 Å². The predicted molar refractivity (Wildman–Crippen MR) is 77.9 cm³/mol. The zero-order chi connectivity index (χ0) is 13.5. The van der Waals surface area contributed by atoms with E-state index >= 15 is 0 Å². The van der Waals surface area contributed by atoms with Gasteiger partial charge in [0.05, 0.1) is 5.92 Å². The van der Waals surface area contributed by atoms with Crippen molar-refractivity contribution in [1.29, 1.82) is 0 Å². The third-order valence-electron chi connectivity index (χ3n) is 4.98. The number of carbonyl (C=O) groups is 1. The van der Waals surface area contributed by atoms with Crippen LogP contribution >= 0.6 is 0 Å². The molecule has 2 fully saturated rings. The van der Waals surface area contributed by atoms with Crippen molar-refractivity contribution in [3.8, 4) is 0 Å². The van der Waals surface area contributed by atoms with Crippen LogP contribution in [0.4, 0.5) is 0 Å².